The molecule has 1 amide bonds. The number of aromatic amines is 1. The molecule has 0 bridgehead atoms. The number of hydrogen-bond donors (Lipinski definition) is 2. The monoisotopic (exact) mass is 343 g/mol. The fourth-order valence-electron chi connectivity index (χ4n) is 2.30. The van der Waals surface area contributed by atoms with Crippen molar-refractivity contribution in [2.75, 3.05) is 6.54 Å². The fourth-order valence-corrected chi connectivity index (χ4v) is 2.73. The molecular weight excluding hydrogens is 330 g/mol. The second kappa shape index (κ2) is 6.10. The smallest absolute Gasteiger partial charge is 0.254 e. The molecule has 0 aliphatic heterocycles. The van der Waals surface area contributed by atoms with Gasteiger partial charge in [0.2, 0.25) is 0 Å². The van der Waals surface area contributed by atoms with Gasteiger partial charge in [-0.1, -0.05) is 18.2 Å². The first-order chi connectivity index (χ1) is 10.3. The lowest BCUT2D eigenvalue weighted by molar-refractivity contribution is 0.0953. The van der Waals surface area contributed by atoms with Crippen LogP contribution in [0.5, 0.6) is 0 Å². The first-order valence-electron chi connectivity index (χ1n) is 6.69. The first-order valence-corrected chi connectivity index (χ1v) is 7.49. The normalized spacial score (nSPS) is 10.7. The number of para-hydroxylation sites is 1. The van der Waals surface area contributed by atoms with Gasteiger partial charge in [-0.3, -0.25) is 4.79 Å². The van der Waals surface area contributed by atoms with E-state index in [1.165, 1.54) is 10.9 Å². The van der Waals surface area contributed by atoms with Crippen molar-refractivity contribution in [2.45, 2.75) is 6.42 Å². The highest BCUT2D eigenvalue weighted by atomic mass is 79.9. The summed E-state index contributed by atoms with van der Waals surface area (Å²) in [4.78, 5) is 19.4. The molecule has 21 heavy (non-hydrogen) atoms. The zero-order valence-corrected chi connectivity index (χ0v) is 12.9. The van der Waals surface area contributed by atoms with Crippen molar-refractivity contribution in [2.24, 2.45) is 0 Å². The topological polar surface area (TPSA) is 57.8 Å². The predicted octanol–water partition coefficient (Wildman–Crippen LogP) is 3.30. The zero-order valence-electron chi connectivity index (χ0n) is 11.3. The van der Waals surface area contributed by atoms with Crippen LogP contribution in [-0.2, 0) is 6.42 Å². The van der Waals surface area contributed by atoms with Gasteiger partial charge in [0.25, 0.3) is 5.91 Å². The van der Waals surface area contributed by atoms with Crippen LogP contribution in [0.3, 0.4) is 0 Å². The molecule has 3 rings (SSSR count). The summed E-state index contributed by atoms with van der Waals surface area (Å²) < 4.78 is 0.564. The molecule has 0 aliphatic rings. The van der Waals surface area contributed by atoms with E-state index in [9.17, 15) is 4.79 Å². The van der Waals surface area contributed by atoms with Crippen LogP contribution in [0, 0.1) is 0 Å². The minimum atomic E-state index is -0.116. The SMILES string of the molecule is O=C(NCCc1c[nH]c2ccccc12)c1cccnc1Br. The molecule has 2 N–H and O–H groups in total. The maximum absolute atomic E-state index is 12.1. The van der Waals surface area contributed by atoms with E-state index in [2.05, 4.69) is 37.3 Å². The van der Waals surface area contributed by atoms with Gasteiger partial charge in [0, 0.05) is 29.8 Å². The highest BCUT2D eigenvalue weighted by Gasteiger charge is 2.10. The van der Waals surface area contributed by atoms with Crippen LogP contribution in [0.1, 0.15) is 15.9 Å². The molecule has 1 aromatic carbocycles. The molecule has 0 radical (unpaired) electrons. The van der Waals surface area contributed by atoms with Gasteiger partial charge in [0.1, 0.15) is 4.60 Å². The average molecular weight is 344 g/mol. The van der Waals surface area contributed by atoms with Gasteiger partial charge >= 0.3 is 0 Å². The lowest BCUT2D eigenvalue weighted by Crippen LogP contribution is -2.26. The van der Waals surface area contributed by atoms with Gasteiger partial charge in [0.05, 0.1) is 5.56 Å². The maximum Gasteiger partial charge on any atom is 0.254 e. The number of carbonyl (C=O) groups is 1. The minimum absolute atomic E-state index is 0.116. The molecule has 0 aliphatic carbocycles. The Kier molecular flexibility index (Phi) is 4.01. The van der Waals surface area contributed by atoms with Crippen molar-refractivity contribution in [1.29, 1.82) is 0 Å². The van der Waals surface area contributed by atoms with Gasteiger partial charge in [0.15, 0.2) is 0 Å². The van der Waals surface area contributed by atoms with Crippen molar-refractivity contribution >= 4 is 32.7 Å². The Morgan fingerprint density at radius 1 is 1.24 bits per heavy atom. The van der Waals surface area contributed by atoms with E-state index >= 15 is 0 Å². The van der Waals surface area contributed by atoms with Gasteiger partial charge in [-0.25, -0.2) is 4.98 Å². The molecular formula is C16H14BrN3O. The second-order valence-electron chi connectivity index (χ2n) is 4.71. The summed E-state index contributed by atoms with van der Waals surface area (Å²) in [5, 5.41) is 4.12. The number of fused-ring (bicyclic) bond motifs is 1. The van der Waals surface area contributed by atoms with Gasteiger partial charge in [-0.15, -0.1) is 0 Å². The van der Waals surface area contributed by atoms with Crippen molar-refractivity contribution in [3.05, 3.63) is 64.5 Å². The molecule has 0 saturated heterocycles. The number of amides is 1. The van der Waals surface area contributed by atoms with E-state index < -0.39 is 0 Å². The largest absolute Gasteiger partial charge is 0.361 e. The number of benzene rings is 1. The van der Waals surface area contributed by atoms with E-state index in [1.807, 2.05) is 24.4 Å². The number of carbonyl (C=O) groups excluding carboxylic acids is 1. The summed E-state index contributed by atoms with van der Waals surface area (Å²) in [5.74, 6) is -0.116. The molecule has 0 spiro atoms. The number of nitrogens with one attached hydrogen (secondary N) is 2. The maximum atomic E-state index is 12.1. The Morgan fingerprint density at radius 2 is 2.10 bits per heavy atom. The highest BCUT2D eigenvalue weighted by Crippen LogP contribution is 2.18. The third-order valence-electron chi connectivity index (χ3n) is 3.36. The van der Waals surface area contributed by atoms with E-state index in [0.29, 0.717) is 16.7 Å². The van der Waals surface area contributed by atoms with E-state index in [4.69, 9.17) is 0 Å². The molecule has 0 saturated carbocycles. The molecule has 2 aromatic heterocycles. The van der Waals surface area contributed by atoms with Crippen molar-refractivity contribution in [1.82, 2.24) is 15.3 Å². The third-order valence-corrected chi connectivity index (χ3v) is 3.99. The second-order valence-corrected chi connectivity index (χ2v) is 5.46. The molecule has 5 heteroatoms. The van der Waals surface area contributed by atoms with E-state index in [-0.39, 0.29) is 5.91 Å². The molecule has 0 fully saturated rings. The van der Waals surface area contributed by atoms with E-state index in [0.717, 1.165) is 11.9 Å². The number of halogens is 1. The van der Waals surface area contributed by atoms with Crippen molar-refractivity contribution in [3.8, 4) is 0 Å². The van der Waals surface area contributed by atoms with Crippen LogP contribution in [-0.4, -0.2) is 22.4 Å². The molecule has 3 aromatic rings. The summed E-state index contributed by atoms with van der Waals surface area (Å²) in [6.07, 6.45) is 4.43. The molecule has 0 atom stereocenters. The van der Waals surface area contributed by atoms with Gasteiger partial charge in [-0.2, -0.15) is 0 Å². The van der Waals surface area contributed by atoms with Crippen LogP contribution in [0.25, 0.3) is 10.9 Å². The number of rotatable bonds is 4. The van der Waals surface area contributed by atoms with Crippen LogP contribution in [0.2, 0.25) is 0 Å². The summed E-state index contributed by atoms with van der Waals surface area (Å²) in [6.45, 7) is 0.585. The number of pyridine rings is 1. The fraction of sp³-hybridized carbons (Fsp3) is 0.125. The lowest BCUT2D eigenvalue weighted by atomic mass is 10.1. The summed E-state index contributed by atoms with van der Waals surface area (Å²) in [5.41, 5.74) is 2.88. The Morgan fingerprint density at radius 3 is 2.95 bits per heavy atom. The lowest BCUT2D eigenvalue weighted by Gasteiger charge is -2.06. The minimum Gasteiger partial charge on any atom is -0.361 e. The Labute approximate surface area is 130 Å². The quantitative estimate of drug-likeness (QED) is 0.714. The molecule has 2 heterocycles. The highest BCUT2D eigenvalue weighted by molar-refractivity contribution is 9.10. The Balaban J connectivity index is 1.64. The molecule has 4 nitrogen and oxygen atoms in total. The van der Waals surface area contributed by atoms with Crippen LogP contribution in [0.4, 0.5) is 0 Å². The molecule has 106 valence electrons. The van der Waals surface area contributed by atoms with Crippen LogP contribution in [0.15, 0.2) is 53.4 Å². The van der Waals surface area contributed by atoms with Crippen LogP contribution >= 0.6 is 15.9 Å². The summed E-state index contributed by atoms with van der Waals surface area (Å²) in [6, 6.07) is 11.7. The zero-order chi connectivity index (χ0) is 14.7. The number of nitrogens with zero attached hydrogens (tertiary/aromatic N) is 1. The van der Waals surface area contributed by atoms with Crippen LogP contribution < -0.4 is 5.32 Å². The standard InChI is InChI=1S/C16H14BrN3O/c17-15-13(5-3-8-18-15)16(21)19-9-7-11-10-20-14-6-2-1-4-12(11)14/h1-6,8,10,20H,7,9H2,(H,19,21). The summed E-state index contributed by atoms with van der Waals surface area (Å²) >= 11 is 3.28. The third kappa shape index (κ3) is 2.97. The Hall–Kier alpha value is -2.14. The van der Waals surface area contributed by atoms with E-state index in [1.54, 1.807) is 18.3 Å². The van der Waals surface area contributed by atoms with Gasteiger partial charge in [-0.05, 0) is 46.1 Å². The number of aromatic nitrogens is 2. The molecule has 0 unspecified atom stereocenters. The Bertz CT molecular complexity index is 782. The number of hydrogen-bond acceptors (Lipinski definition) is 2. The van der Waals surface area contributed by atoms with Crippen molar-refractivity contribution < 1.29 is 4.79 Å². The number of H-pyrrole nitrogens is 1. The van der Waals surface area contributed by atoms with Crippen molar-refractivity contribution in [3.63, 3.8) is 0 Å². The summed E-state index contributed by atoms with van der Waals surface area (Å²) in [7, 11) is 0. The predicted molar refractivity (Wildman–Crippen MR) is 86.3 cm³/mol. The first kappa shape index (κ1) is 13.8. The van der Waals surface area contributed by atoms with Gasteiger partial charge < -0.3 is 10.3 Å². The average Bonchev–Trinajstić information content (AvgIpc) is 2.91.